The van der Waals surface area contributed by atoms with Crippen molar-refractivity contribution in [3.63, 3.8) is 0 Å². The lowest BCUT2D eigenvalue weighted by atomic mass is 9.91. The number of hydrogen-bond acceptors (Lipinski definition) is 26. The smallest absolute Gasteiger partial charge is 0.336 e. The largest absolute Gasteiger partial charge is 0.478 e. The van der Waals surface area contributed by atoms with Gasteiger partial charge in [-0.25, -0.2) is 28.8 Å². The Morgan fingerprint density at radius 2 is 0.911 bits per heavy atom. The number of nitrogens with zero attached hydrogens (tertiary/aromatic N) is 15. The third-order valence-electron chi connectivity index (χ3n) is 10.5. The number of nitrogen functional groups attached to an aromatic ring is 2. The minimum Gasteiger partial charge on any atom is -0.478 e. The first-order valence-electron chi connectivity index (χ1n) is 22.2. The van der Waals surface area contributed by atoms with Crippen molar-refractivity contribution in [3.8, 4) is 11.9 Å². The van der Waals surface area contributed by atoms with E-state index in [4.69, 9.17) is 21.7 Å². The van der Waals surface area contributed by atoms with Crippen LogP contribution in [-0.4, -0.2) is 121 Å². The quantitative estimate of drug-likeness (QED) is 0.0362. The Hall–Kier alpha value is -9.67. The molecule has 404 valence electrons. The van der Waals surface area contributed by atoms with Crippen molar-refractivity contribution in [2.75, 3.05) is 16.8 Å². The molecule has 79 heavy (non-hydrogen) atoms. The number of anilines is 4. The van der Waals surface area contributed by atoms with Crippen LogP contribution in [0.3, 0.4) is 0 Å². The highest BCUT2D eigenvalue weighted by Gasteiger charge is 2.31. The maximum absolute atomic E-state index is 12.1. The van der Waals surface area contributed by atoms with Crippen LogP contribution in [0.25, 0.3) is 11.9 Å². The Balaban J connectivity index is 1.19. The molecular formula is C45H38N18O12S4. The molecular weight excluding hydrogens is 1110 g/mol. The van der Waals surface area contributed by atoms with Crippen molar-refractivity contribution in [2.45, 2.75) is 70.8 Å². The molecule has 8 rings (SSSR count). The number of benzene rings is 3. The molecule has 0 bridgehead atoms. The van der Waals surface area contributed by atoms with Crippen molar-refractivity contribution in [1.82, 2.24) is 54.9 Å². The van der Waals surface area contributed by atoms with E-state index in [-0.39, 0.29) is 79.3 Å². The van der Waals surface area contributed by atoms with Gasteiger partial charge in [-0.05, 0) is 54.6 Å². The molecule has 0 unspecified atom stereocenters. The predicted octanol–water partition coefficient (Wildman–Crippen LogP) is 8.77. The van der Waals surface area contributed by atoms with Gasteiger partial charge in [-0.2, -0.15) is 34.5 Å². The van der Waals surface area contributed by atoms with Gasteiger partial charge in [0.05, 0.1) is 44.8 Å². The van der Waals surface area contributed by atoms with Crippen LogP contribution >= 0.6 is 46.2 Å². The zero-order valence-electron chi connectivity index (χ0n) is 41.3. The van der Waals surface area contributed by atoms with E-state index in [0.717, 1.165) is 73.8 Å². The number of nitrogens with two attached hydrogens (primary N) is 2. The second-order valence-corrected chi connectivity index (χ2v) is 22.8. The van der Waals surface area contributed by atoms with Crippen molar-refractivity contribution >= 4 is 127 Å². The van der Waals surface area contributed by atoms with Gasteiger partial charge in [0.15, 0.2) is 31.7 Å². The summed E-state index contributed by atoms with van der Waals surface area (Å²) in [7, 11) is 0. The van der Waals surface area contributed by atoms with Gasteiger partial charge >= 0.3 is 35.8 Å². The maximum Gasteiger partial charge on any atom is 0.336 e. The third kappa shape index (κ3) is 12.3. The van der Waals surface area contributed by atoms with Crippen LogP contribution in [-0.2, 0) is 10.8 Å². The summed E-state index contributed by atoms with van der Waals surface area (Å²) in [6.45, 7) is 10.9. The van der Waals surface area contributed by atoms with E-state index in [2.05, 4.69) is 61.1 Å². The van der Waals surface area contributed by atoms with Gasteiger partial charge in [-0.1, -0.05) is 87.7 Å². The highest BCUT2D eigenvalue weighted by molar-refractivity contribution is 8.01. The average molecular weight is 1150 g/mol. The van der Waals surface area contributed by atoms with Gasteiger partial charge in [0, 0.05) is 26.3 Å². The number of carbonyl (C=O) groups is 6. The van der Waals surface area contributed by atoms with Crippen molar-refractivity contribution in [2.24, 2.45) is 20.5 Å². The Morgan fingerprint density at radius 1 is 0.519 bits per heavy atom. The highest BCUT2D eigenvalue weighted by Crippen LogP contribution is 2.42. The minimum absolute atomic E-state index is 0.0384. The Bertz CT molecular complexity index is 3660. The molecule has 0 atom stereocenters. The van der Waals surface area contributed by atoms with Crippen LogP contribution in [0.15, 0.2) is 93.5 Å². The van der Waals surface area contributed by atoms with E-state index in [1.165, 1.54) is 36.4 Å². The molecule has 0 saturated heterocycles. The second-order valence-electron chi connectivity index (χ2n) is 18.2. The first kappa shape index (κ1) is 55.6. The molecule has 0 amide bonds. The van der Waals surface area contributed by atoms with Gasteiger partial charge < -0.3 is 47.4 Å². The number of aromatic carboxylic acids is 6. The van der Waals surface area contributed by atoms with E-state index in [1.807, 2.05) is 41.5 Å². The number of carboxylic acid groups (broad SMARTS) is 6. The first-order chi connectivity index (χ1) is 37.1. The average Bonchev–Trinajstić information content (AvgIpc) is 4.40. The SMILES string of the molecule is CC(C)(C)c1nn(-c2nc(Nc3cc(C(=O)O)cc(C(=O)O)c3)nc(-n3nc(C(C)(C)C)c(N=Nc4nnc(Sc5ccc(C(=O)O)c(C(=O)O)c5)s4)c3N)n2)c(N)c1N=Nc1nnc(Sc2ccc(C(=O)O)c(C(=O)O)c2)s1. The Morgan fingerprint density at radius 3 is 1.27 bits per heavy atom. The highest BCUT2D eigenvalue weighted by atomic mass is 32.2. The Kier molecular flexibility index (Phi) is 15.3. The lowest BCUT2D eigenvalue weighted by Crippen LogP contribution is -2.17. The molecule has 0 aliphatic rings. The lowest BCUT2D eigenvalue weighted by molar-refractivity contribution is 0.0651. The molecule has 8 aromatic rings. The lowest BCUT2D eigenvalue weighted by Gasteiger charge is -2.15. The summed E-state index contributed by atoms with van der Waals surface area (Å²) >= 11 is 3.96. The van der Waals surface area contributed by atoms with Crippen molar-refractivity contribution in [3.05, 3.63) is 99.4 Å². The van der Waals surface area contributed by atoms with Crippen LogP contribution < -0.4 is 16.8 Å². The van der Waals surface area contributed by atoms with Crippen LogP contribution in [0.1, 0.15) is 115 Å². The summed E-state index contributed by atoms with van der Waals surface area (Å²) in [5.41, 5.74) is 10.2. The molecule has 0 spiro atoms. The molecule has 0 saturated carbocycles. The first-order valence-corrected chi connectivity index (χ1v) is 25.4. The van der Waals surface area contributed by atoms with E-state index in [9.17, 15) is 59.4 Å². The summed E-state index contributed by atoms with van der Waals surface area (Å²) in [6, 6.07) is 10.8. The third-order valence-corrected chi connectivity index (χ3v) is 14.2. The number of hydrogen-bond donors (Lipinski definition) is 9. The van der Waals surface area contributed by atoms with Gasteiger partial charge in [0.2, 0.25) is 5.95 Å². The monoisotopic (exact) mass is 1150 g/mol. The van der Waals surface area contributed by atoms with Crippen molar-refractivity contribution in [1.29, 1.82) is 0 Å². The van der Waals surface area contributed by atoms with Gasteiger partial charge in [-0.15, -0.1) is 40.9 Å². The number of aromatic nitrogens is 11. The Labute approximate surface area is 458 Å². The summed E-state index contributed by atoms with van der Waals surface area (Å²) in [5, 5.41) is 104. The topological polar surface area (TPSA) is 463 Å². The molecule has 0 aliphatic carbocycles. The van der Waals surface area contributed by atoms with Crippen LogP contribution in [0, 0.1) is 0 Å². The van der Waals surface area contributed by atoms with E-state index < -0.39 is 68.9 Å². The molecule has 5 heterocycles. The summed E-state index contributed by atoms with van der Waals surface area (Å²) in [6.07, 6.45) is 0. The number of carboxylic acids is 6. The van der Waals surface area contributed by atoms with Gasteiger partial charge in [0.1, 0.15) is 0 Å². The summed E-state index contributed by atoms with van der Waals surface area (Å²) in [5.74, 6) is -9.77. The number of azo groups is 2. The van der Waals surface area contributed by atoms with Gasteiger partial charge in [0.25, 0.3) is 22.2 Å². The van der Waals surface area contributed by atoms with E-state index >= 15 is 0 Å². The number of nitrogens with one attached hydrogen (secondary N) is 1. The predicted molar refractivity (Wildman–Crippen MR) is 281 cm³/mol. The summed E-state index contributed by atoms with van der Waals surface area (Å²) in [4.78, 5) is 85.3. The number of rotatable bonds is 18. The fraction of sp³-hybridized carbons (Fsp3) is 0.178. The fourth-order valence-corrected chi connectivity index (χ4v) is 10.2. The molecule has 0 radical (unpaired) electrons. The van der Waals surface area contributed by atoms with E-state index in [1.54, 1.807) is 0 Å². The molecule has 0 aliphatic heterocycles. The van der Waals surface area contributed by atoms with Crippen molar-refractivity contribution < 1.29 is 59.4 Å². The standard InChI is InChI=1S/C45H38N18O12S4/c1-44(2,3)27-25(52-54-40-56-58-42(78-40)76-19-7-9-21(33(68)69)23(14-19)35(72)73)29(46)62(60-27)38-49-37(48-18-12-16(31(64)65)11-17(13-18)32(66)67)50-39(51-38)63-30(47)26(28(61-63)45(4,5)6)53-55-41-57-59-43(79-41)77-20-8-10-22(34(70)71)24(15-20)36(74)75/h7-15H,46-47H2,1-6H3,(H,64,65)(H,66,67)(H,68,69)(H,70,71)(H,72,73)(H,74,75)(H,48,49,50,51). The zero-order chi connectivity index (χ0) is 57.4. The van der Waals surface area contributed by atoms with Crippen LogP contribution in [0.4, 0.5) is 44.9 Å². The molecule has 0 fully saturated rings. The molecule has 5 aromatic heterocycles. The molecule has 3 aromatic carbocycles. The molecule has 11 N–H and O–H groups in total. The zero-order valence-corrected chi connectivity index (χ0v) is 44.6. The molecule has 34 heteroatoms. The molecule has 30 nitrogen and oxygen atoms in total. The van der Waals surface area contributed by atoms with E-state index in [0.29, 0.717) is 18.5 Å². The maximum atomic E-state index is 12.1. The van der Waals surface area contributed by atoms with Gasteiger partial charge in [-0.3, -0.25) is 0 Å². The second kappa shape index (κ2) is 21.8. The normalized spacial score (nSPS) is 11.9. The van der Waals surface area contributed by atoms with Crippen LogP contribution in [0.2, 0.25) is 0 Å². The summed E-state index contributed by atoms with van der Waals surface area (Å²) < 4.78 is 2.84. The minimum atomic E-state index is -1.43. The fourth-order valence-electron chi connectivity index (χ4n) is 6.89. The van der Waals surface area contributed by atoms with Crippen LogP contribution in [0.5, 0.6) is 0 Å².